The molecule has 0 radical (unpaired) electrons. The fourth-order valence-corrected chi connectivity index (χ4v) is 5.64. The molecule has 3 heterocycles. The zero-order valence-corrected chi connectivity index (χ0v) is 16.8. The van der Waals surface area contributed by atoms with E-state index >= 15 is 0 Å². The number of piperidine rings is 1. The Labute approximate surface area is 162 Å². The number of likely N-dealkylation sites (tertiary alicyclic amines) is 1. The van der Waals surface area contributed by atoms with E-state index in [-0.39, 0.29) is 11.9 Å². The summed E-state index contributed by atoms with van der Waals surface area (Å²) >= 11 is 7.65. The molecule has 0 aliphatic carbocycles. The van der Waals surface area contributed by atoms with Gasteiger partial charge in [0.05, 0.1) is 13.1 Å². The zero-order chi connectivity index (χ0) is 18.4. The summed E-state index contributed by atoms with van der Waals surface area (Å²) in [5.74, 6) is 2.21. The summed E-state index contributed by atoms with van der Waals surface area (Å²) in [6.45, 7) is 8.66. The Kier molecular flexibility index (Phi) is 4.67. The highest BCUT2D eigenvalue weighted by Crippen LogP contribution is 2.35. The molecule has 5 nitrogen and oxygen atoms in total. The van der Waals surface area contributed by atoms with Crippen molar-refractivity contribution in [3.05, 3.63) is 45.6 Å². The number of thiazole rings is 1. The van der Waals surface area contributed by atoms with Crippen LogP contribution in [0.2, 0.25) is 5.02 Å². The molecule has 1 aliphatic rings. The van der Waals surface area contributed by atoms with Crippen molar-refractivity contribution >= 4 is 27.9 Å². The molecule has 1 aliphatic heterocycles. The first-order chi connectivity index (χ1) is 12.4. The molecule has 0 amide bonds. The van der Waals surface area contributed by atoms with Gasteiger partial charge in [-0.1, -0.05) is 48.9 Å². The van der Waals surface area contributed by atoms with Crippen LogP contribution in [-0.4, -0.2) is 32.8 Å². The van der Waals surface area contributed by atoms with Crippen molar-refractivity contribution < 1.29 is 10.0 Å². The molecule has 0 spiro atoms. The van der Waals surface area contributed by atoms with Gasteiger partial charge in [-0.25, -0.2) is 4.98 Å². The Balaban J connectivity index is 1.82. The lowest BCUT2D eigenvalue weighted by Crippen LogP contribution is -3.14. The number of rotatable bonds is 3. The third-order valence-electron chi connectivity index (χ3n) is 5.21. The number of hydrogen-bond donors (Lipinski definition) is 2. The number of hydrogen-bond acceptors (Lipinski definition) is 4. The predicted molar refractivity (Wildman–Crippen MR) is 104 cm³/mol. The van der Waals surface area contributed by atoms with E-state index < -0.39 is 0 Å². The van der Waals surface area contributed by atoms with Gasteiger partial charge < -0.3 is 10.0 Å². The van der Waals surface area contributed by atoms with Crippen LogP contribution in [0.4, 0.5) is 0 Å². The Morgan fingerprint density at radius 2 is 1.88 bits per heavy atom. The highest BCUT2D eigenvalue weighted by molar-refractivity contribution is 7.17. The minimum Gasteiger partial charge on any atom is -0.492 e. The second-order valence-corrected chi connectivity index (χ2v) is 9.09. The summed E-state index contributed by atoms with van der Waals surface area (Å²) in [4.78, 5) is 7.59. The van der Waals surface area contributed by atoms with Crippen LogP contribution in [0.3, 0.4) is 0 Å². The number of aromatic hydroxyl groups is 1. The lowest BCUT2D eigenvalue weighted by Gasteiger charge is -2.37. The van der Waals surface area contributed by atoms with Gasteiger partial charge in [0.2, 0.25) is 10.8 Å². The maximum absolute atomic E-state index is 10.9. The quantitative estimate of drug-likeness (QED) is 0.721. The monoisotopic (exact) mass is 391 g/mol. The summed E-state index contributed by atoms with van der Waals surface area (Å²) < 4.78 is 1.56. The first-order valence-corrected chi connectivity index (χ1v) is 10.3. The van der Waals surface area contributed by atoms with Crippen molar-refractivity contribution in [1.82, 2.24) is 14.6 Å². The SMILES string of the molecule is Cc1nc2sc([C@H](c3ccc(Cl)cc3)[NH+]3C[C@H](C)C[C@H](C)C3)c(O)n2n1. The molecule has 2 aromatic heterocycles. The highest BCUT2D eigenvalue weighted by atomic mass is 35.5. The van der Waals surface area contributed by atoms with Crippen LogP contribution in [0.15, 0.2) is 24.3 Å². The number of halogens is 1. The van der Waals surface area contributed by atoms with Crippen LogP contribution in [-0.2, 0) is 0 Å². The van der Waals surface area contributed by atoms with Gasteiger partial charge in [-0.05, 0) is 25.5 Å². The van der Waals surface area contributed by atoms with E-state index in [4.69, 9.17) is 11.6 Å². The minimum atomic E-state index is 0.0614. The van der Waals surface area contributed by atoms with Crippen molar-refractivity contribution in [2.24, 2.45) is 11.8 Å². The molecule has 0 bridgehead atoms. The first kappa shape index (κ1) is 17.8. The van der Waals surface area contributed by atoms with Crippen LogP contribution in [0.1, 0.15) is 42.6 Å². The number of aromatic nitrogens is 3. The third kappa shape index (κ3) is 3.21. The van der Waals surface area contributed by atoms with E-state index in [1.165, 1.54) is 28.2 Å². The average Bonchev–Trinajstić information content (AvgIpc) is 3.07. The summed E-state index contributed by atoms with van der Waals surface area (Å²) in [6.07, 6.45) is 1.26. The smallest absolute Gasteiger partial charge is 0.235 e. The molecule has 4 rings (SSSR count). The fourth-order valence-electron chi connectivity index (χ4n) is 4.33. The lowest BCUT2D eigenvalue weighted by molar-refractivity contribution is -0.936. The van der Waals surface area contributed by atoms with Gasteiger partial charge in [0.15, 0.2) is 6.04 Å². The van der Waals surface area contributed by atoms with Gasteiger partial charge in [-0.15, -0.1) is 5.10 Å². The number of nitrogens with zero attached hydrogens (tertiary/aromatic N) is 3. The molecule has 1 aromatic carbocycles. The standard InChI is InChI=1S/C19H23ClN4OS/c1-11-8-12(2)10-23(9-11)16(14-4-6-15(20)7-5-14)17-18(25)24-19(26-17)21-13(3)22-24/h4-7,11-12,16,25H,8-10H2,1-3H3/p+1/t11-,12+,16-/m0/s1. The molecule has 1 saturated heterocycles. The highest BCUT2D eigenvalue weighted by Gasteiger charge is 2.37. The zero-order valence-electron chi connectivity index (χ0n) is 15.2. The van der Waals surface area contributed by atoms with Gasteiger partial charge >= 0.3 is 0 Å². The lowest BCUT2D eigenvalue weighted by atomic mass is 9.89. The summed E-state index contributed by atoms with van der Waals surface area (Å²) in [6, 6.07) is 8.07. The average molecular weight is 392 g/mol. The van der Waals surface area contributed by atoms with Gasteiger partial charge in [0.25, 0.3) is 0 Å². The fraction of sp³-hybridized carbons (Fsp3) is 0.474. The Morgan fingerprint density at radius 1 is 1.23 bits per heavy atom. The maximum Gasteiger partial charge on any atom is 0.235 e. The topological polar surface area (TPSA) is 54.9 Å². The molecule has 1 unspecified atom stereocenters. The van der Waals surface area contributed by atoms with Crippen molar-refractivity contribution in [2.75, 3.05) is 13.1 Å². The summed E-state index contributed by atoms with van der Waals surface area (Å²) in [7, 11) is 0. The van der Waals surface area contributed by atoms with Crippen LogP contribution < -0.4 is 4.90 Å². The van der Waals surface area contributed by atoms with E-state index in [1.54, 1.807) is 4.52 Å². The number of fused-ring (bicyclic) bond motifs is 1. The number of aryl methyl sites for hydroxylation is 1. The number of quaternary nitrogens is 1. The Morgan fingerprint density at radius 3 is 2.50 bits per heavy atom. The van der Waals surface area contributed by atoms with Gasteiger partial charge in [0.1, 0.15) is 10.7 Å². The van der Waals surface area contributed by atoms with E-state index in [0.717, 1.165) is 28.0 Å². The van der Waals surface area contributed by atoms with Gasteiger partial charge in [-0.2, -0.15) is 4.52 Å². The van der Waals surface area contributed by atoms with E-state index in [0.29, 0.717) is 17.7 Å². The first-order valence-electron chi connectivity index (χ1n) is 9.07. The largest absolute Gasteiger partial charge is 0.492 e. The summed E-state index contributed by atoms with van der Waals surface area (Å²) in [5.41, 5.74) is 1.17. The van der Waals surface area contributed by atoms with Crippen molar-refractivity contribution in [1.29, 1.82) is 0 Å². The van der Waals surface area contributed by atoms with Crippen molar-refractivity contribution in [3.63, 3.8) is 0 Å². The third-order valence-corrected chi connectivity index (χ3v) is 6.54. The molecular weight excluding hydrogens is 368 g/mol. The van der Waals surface area contributed by atoms with Crippen LogP contribution in [0.5, 0.6) is 5.88 Å². The Bertz CT molecular complexity index is 910. The second-order valence-electron chi connectivity index (χ2n) is 7.64. The molecule has 0 saturated carbocycles. The van der Waals surface area contributed by atoms with Crippen LogP contribution in [0, 0.1) is 18.8 Å². The maximum atomic E-state index is 10.9. The molecule has 1 fully saturated rings. The molecule has 2 N–H and O–H groups in total. The minimum absolute atomic E-state index is 0.0614. The van der Waals surface area contributed by atoms with Gasteiger partial charge in [0, 0.05) is 22.4 Å². The molecule has 7 heteroatoms. The molecule has 138 valence electrons. The van der Waals surface area contributed by atoms with Crippen molar-refractivity contribution in [3.8, 4) is 5.88 Å². The van der Waals surface area contributed by atoms with Crippen LogP contribution in [0.25, 0.3) is 4.96 Å². The normalized spacial score (nSPS) is 24.8. The second kappa shape index (κ2) is 6.83. The number of benzene rings is 1. The molecular formula is C19H24ClN4OS+. The predicted octanol–water partition coefficient (Wildman–Crippen LogP) is 3.11. The molecule has 4 atom stereocenters. The van der Waals surface area contributed by atoms with E-state index in [2.05, 4.69) is 36.1 Å². The van der Waals surface area contributed by atoms with Crippen molar-refractivity contribution in [2.45, 2.75) is 33.2 Å². The number of nitrogens with one attached hydrogen (secondary N) is 1. The van der Waals surface area contributed by atoms with Crippen LogP contribution >= 0.6 is 22.9 Å². The molecule has 3 aromatic rings. The van der Waals surface area contributed by atoms with E-state index in [1.807, 2.05) is 19.1 Å². The van der Waals surface area contributed by atoms with E-state index in [9.17, 15) is 5.11 Å². The van der Waals surface area contributed by atoms with Gasteiger partial charge in [-0.3, -0.25) is 0 Å². The molecule has 26 heavy (non-hydrogen) atoms. The Hall–Kier alpha value is -1.63. The summed E-state index contributed by atoms with van der Waals surface area (Å²) in [5, 5.41) is 15.9.